The van der Waals surface area contributed by atoms with Crippen LogP contribution in [0.15, 0.2) is 29.2 Å². The lowest BCUT2D eigenvalue weighted by Gasteiger charge is -2.32. The summed E-state index contributed by atoms with van der Waals surface area (Å²) in [6.45, 7) is 1.51. The summed E-state index contributed by atoms with van der Waals surface area (Å²) < 4.78 is 0. The van der Waals surface area contributed by atoms with Gasteiger partial charge < -0.3 is 15.5 Å². The van der Waals surface area contributed by atoms with E-state index in [-0.39, 0.29) is 36.0 Å². The number of benzene rings is 1. The van der Waals surface area contributed by atoms with Crippen LogP contribution in [0.2, 0.25) is 0 Å². The second kappa shape index (κ2) is 7.47. The van der Waals surface area contributed by atoms with Crippen LogP contribution in [0.1, 0.15) is 19.3 Å². The van der Waals surface area contributed by atoms with Crippen LogP contribution in [-0.2, 0) is 14.4 Å². The van der Waals surface area contributed by atoms with Crippen molar-refractivity contribution in [3.8, 4) is 0 Å². The van der Waals surface area contributed by atoms with Gasteiger partial charge in [0.15, 0.2) is 0 Å². The van der Waals surface area contributed by atoms with Crippen LogP contribution in [0.4, 0.5) is 5.69 Å². The second-order valence-corrected chi connectivity index (χ2v) is 7.48. The maximum atomic E-state index is 12.7. The molecule has 0 bridgehead atoms. The fraction of sp³-hybridized carbons (Fsp3) is 0.500. The highest BCUT2D eigenvalue weighted by molar-refractivity contribution is 7.98. The number of hydrogen-bond acceptors (Lipinski definition) is 4. The summed E-state index contributed by atoms with van der Waals surface area (Å²) in [5.74, 6) is -0.733. The van der Waals surface area contributed by atoms with E-state index in [0.717, 1.165) is 10.6 Å². The first-order valence-corrected chi connectivity index (χ1v) is 9.74. The van der Waals surface area contributed by atoms with Gasteiger partial charge in [0.05, 0.1) is 5.92 Å². The van der Waals surface area contributed by atoms with Gasteiger partial charge in [-0.05, 0) is 43.4 Å². The van der Waals surface area contributed by atoms with Crippen LogP contribution in [0, 0.1) is 11.8 Å². The van der Waals surface area contributed by atoms with Crippen molar-refractivity contribution >= 4 is 35.2 Å². The number of nitrogens with zero attached hydrogens (tertiary/aromatic N) is 2. The third-order valence-electron chi connectivity index (χ3n) is 5.07. The molecule has 0 aliphatic carbocycles. The monoisotopic (exact) mass is 361 g/mol. The van der Waals surface area contributed by atoms with Crippen LogP contribution in [0.5, 0.6) is 0 Å². The third kappa shape index (κ3) is 3.81. The molecular formula is C18H23N3O3S. The van der Waals surface area contributed by atoms with Crippen LogP contribution < -0.4 is 10.6 Å². The summed E-state index contributed by atoms with van der Waals surface area (Å²) in [6.07, 6.45) is 3.48. The Hall–Kier alpha value is -2.02. The molecule has 0 aromatic heterocycles. The maximum absolute atomic E-state index is 12.7. The van der Waals surface area contributed by atoms with E-state index in [1.54, 1.807) is 21.6 Å². The number of piperidine rings is 1. The molecule has 0 radical (unpaired) electrons. The summed E-state index contributed by atoms with van der Waals surface area (Å²) in [5, 5.41) is 0. The lowest BCUT2D eigenvalue weighted by atomic mass is 9.95. The molecule has 3 amide bonds. The lowest BCUT2D eigenvalue weighted by Crippen LogP contribution is -2.44. The van der Waals surface area contributed by atoms with Crippen molar-refractivity contribution in [1.29, 1.82) is 0 Å². The molecule has 0 saturated carbocycles. The van der Waals surface area contributed by atoms with Gasteiger partial charge in [0.2, 0.25) is 17.7 Å². The van der Waals surface area contributed by atoms with E-state index in [4.69, 9.17) is 5.73 Å². The molecule has 0 spiro atoms. The van der Waals surface area contributed by atoms with Gasteiger partial charge in [0.25, 0.3) is 0 Å². The van der Waals surface area contributed by atoms with Gasteiger partial charge in [0, 0.05) is 42.6 Å². The summed E-state index contributed by atoms with van der Waals surface area (Å²) in [5.41, 5.74) is 6.18. The van der Waals surface area contributed by atoms with Crippen LogP contribution in [0.3, 0.4) is 0 Å². The first-order chi connectivity index (χ1) is 12.0. The number of nitrogens with two attached hydrogens (primary N) is 1. The molecular weight excluding hydrogens is 338 g/mol. The van der Waals surface area contributed by atoms with E-state index in [2.05, 4.69) is 0 Å². The van der Waals surface area contributed by atoms with Crippen molar-refractivity contribution in [1.82, 2.24) is 4.90 Å². The molecule has 1 aromatic carbocycles. The number of primary amides is 1. The number of anilines is 1. The SMILES string of the molecule is CSc1ccc(N2CC(C(=O)N3CCC(C(N)=O)CC3)CC2=O)cc1. The van der Waals surface area contributed by atoms with Crippen molar-refractivity contribution in [2.75, 3.05) is 30.8 Å². The van der Waals surface area contributed by atoms with Crippen LogP contribution in [0.25, 0.3) is 0 Å². The molecule has 1 aromatic rings. The van der Waals surface area contributed by atoms with Gasteiger partial charge in [-0.2, -0.15) is 0 Å². The fourth-order valence-corrected chi connectivity index (χ4v) is 3.94. The summed E-state index contributed by atoms with van der Waals surface area (Å²) in [7, 11) is 0. The molecule has 1 atom stereocenters. The molecule has 25 heavy (non-hydrogen) atoms. The molecule has 2 saturated heterocycles. The van der Waals surface area contributed by atoms with E-state index < -0.39 is 0 Å². The average molecular weight is 361 g/mol. The standard InChI is InChI=1S/C18H23N3O3S/c1-25-15-4-2-14(3-5-15)21-11-13(10-16(21)22)18(24)20-8-6-12(7-9-20)17(19)23/h2-5,12-13H,6-11H2,1H3,(H2,19,23). The van der Waals surface area contributed by atoms with Crippen molar-refractivity contribution in [3.05, 3.63) is 24.3 Å². The second-order valence-electron chi connectivity index (χ2n) is 6.61. The molecule has 2 heterocycles. The average Bonchev–Trinajstić information content (AvgIpc) is 3.03. The predicted octanol–water partition coefficient (Wildman–Crippen LogP) is 1.49. The van der Waals surface area contributed by atoms with Crippen molar-refractivity contribution in [2.45, 2.75) is 24.2 Å². The minimum absolute atomic E-state index is 0.0118. The zero-order valence-electron chi connectivity index (χ0n) is 14.3. The Morgan fingerprint density at radius 3 is 2.32 bits per heavy atom. The highest BCUT2D eigenvalue weighted by Crippen LogP contribution is 2.29. The topological polar surface area (TPSA) is 83.7 Å². The highest BCUT2D eigenvalue weighted by Gasteiger charge is 2.38. The Morgan fingerprint density at radius 1 is 1.12 bits per heavy atom. The van der Waals surface area contributed by atoms with Gasteiger partial charge >= 0.3 is 0 Å². The van der Waals surface area contributed by atoms with Gasteiger partial charge in [-0.3, -0.25) is 14.4 Å². The zero-order valence-corrected chi connectivity index (χ0v) is 15.1. The number of rotatable bonds is 4. The largest absolute Gasteiger partial charge is 0.369 e. The normalized spacial score (nSPS) is 21.6. The Morgan fingerprint density at radius 2 is 1.76 bits per heavy atom. The number of likely N-dealkylation sites (tertiary alicyclic amines) is 1. The van der Waals surface area contributed by atoms with Crippen LogP contribution in [-0.4, -0.2) is 48.5 Å². The van der Waals surface area contributed by atoms with Crippen molar-refractivity contribution in [3.63, 3.8) is 0 Å². The maximum Gasteiger partial charge on any atom is 0.228 e. The van der Waals surface area contributed by atoms with E-state index in [1.165, 1.54) is 0 Å². The van der Waals surface area contributed by atoms with E-state index >= 15 is 0 Å². The fourth-order valence-electron chi connectivity index (χ4n) is 3.53. The third-order valence-corrected chi connectivity index (χ3v) is 5.81. The number of hydrogen-bond donors (Lipinski definition) is 1. The minimum Gasteiger partial charge on any atom is -0.369 e. The van der Waals surface area contributed by atoms with Crippen molar-refractivity contribution < 1.29 is 14.4 Å². The van der Waals surface area contributed by atoms with Gasteiger partial charge in [0.1, 0.15) is 0 Å². The number of carbonyl (C=O) groups is 3. The molecule has 3 rings (SSSR count). The summed E-state index contributed by atoms with van der Waals surface area (Å²) in [6, 6.07) is 7.82. The van der Waals surface area contributed by atoms with Crippen LogP contribution >= 0.6 is 11.8 Å². The molecule has 7 heteroatoms. The molecule has 2 N–H and O–H groups in total. The number of thioether (sulfide) groups is 1. The minimum atomic E-state index is -0.308. The molecule has 2 fully saturated rings. The summed E-state index contributed by atoms with van der Waals surface area (Å²) in [4.78, 5) is 40.9. The number of amides is 3. The molecule has 2 aliphatic heterocycles. The number of carbonyl (C=O) groups excluding carboxylic acids is 3. The van der Waals surface area contributed by atoms with E-state index in [1.807, 2.05) is 30.5 Å². The Labute approximate surface area is 151 Å². The Bertz CT molecular complexity index is 669. The lowest BCUT2D eigenvalue weighted by molar-refractivity contribution is -0.138. The first-order valence-electron chi connectivity index (χ1n) is 8.52. The Balaban J connectivity index is 1.62. The molecule has 6 nitrogen and oxygen atoms in total. The predicted molar refractivity (Wildman–Crippen MR) is 97.2 cm³/mol. The van der Waals surface area contributed by atoms with E-state index in [9.17, 15) is 14.4 Å². The van der Waals surface area contributed by atoms with Gasteiger partial charge in [-0.15, -0.1) is 11.8 Å². The van der Waals surface area contributed by atoms with E-state index in [0.29, 0.717) is 32.5 Å². The van der Waals surface area contributed by atoms with Gasteiger partial charge in [-0.25, -0.2) is 0 Å². The Kier molecular flexibility index (Phi) is 5.32. The smallest absolute Gasteiger partial charge is 0.228 e. The highest BCUT2D eigenvalue weighted by atomic mass is 32.2. The van der Waals surface area contributed by atoms with Crippen molar-refractivity contribution in [2.24, 2.45) is 17.6 Å². The first kappa shape index (κ1) is 17.8. The zero-order chi connectivity index (χ0) is 18.0. The molecule has 134 valence electrons. The molecule has 2 aliphatic rings. The quantitative estimate of drug-likeness (QED) is 0.824. The van der Waals surface area contributed by atoms with Gasteiger partial charge in [-0.1, -0.05) is 0 Å². The summed E-state index contributed by atoms with van der Waals surface area (Å²) >= 11 is 1.65. The molecule has 1 unspecified atom stereocenters.